The highest BCUT2D eigenvalue weighted by atomic mass is 32.2. The Morgan fingerprint density at radius 2 is 1.90 bits per heavy atom. The summed E-state index contributed by atoms with van der Waals surface area (Å²) in [6.45, 7) is 4.51. The van der Waals surface area contributed by atoms with Gasteiger partial charge >= 0.3 is 0 Å². The standard InChI is InChI=1S/C14H18N2O4S/c1-10-7-16(8-11(2)19-10)21(17,18)9-13-12-5-3-4-6-14(12)20-15-13/h3-6,10-11H,7-9H2,1-2H3. The third-order valence-electron chi connectivity index (χ3n) is 3.55. The van der Waals surface area contributed by atoms with Gasteiger partial charge in [0, 0.05) is 18.5 Å². The molecule has 1 aromatic heterocycles. The molecule has 1 fully saturated rings. The Hall–Kier alpha value is -1.44. The monoisotopic (exact) mass is 310 g/mol. The Bertz CT molecular complexity index is 730. The Kier molecular flexibility index (Phi) is 3.73. The molecule has 2 heterocycles. The number of ether oxygens (including phenoxy) is 1. The van der Waals surface area contributed by atoms with Crippen molar-refractivity contribution in [3.05, 3.63) is 30.0 Å². The van der Waals surface area contributed by atoms with Crippen LogP contribution in [-0.4, -0.2) is 43.2 Å². The maximum absolute atomic E-state index is 12.6. The van der Waals surface area contributed by atoms with Crippen molar-refractivity contribution in [1.29, 1.82) is 0 Å². The normalized spacial score (nSPS) is 24.5. The zero-order valence-electron chi connectivity index (χ0n) is 12.0. The predicted octanol–water partition coefficient (Wildman–Crippen LogP) is 1.77. The van der Waals surface area contributed by atoms with Crippen LogP contribution in [0.5, 0.6) is 0 Å². The summed E-state index contributed by atoms with van der Waals surface area (Å²) >= 11 is 0. The maximum Gasteiger partial charge on any atom is 0.220 e. The minimum absolute atomic E-state index is 0.0995. The van der Waals surface area contributed by atoms with Crippen molar-refractivity contribution in [2.24, 2.45) is 0 Å². The molecule has 1 aromatic carbocycles. The Morgan fingerprint density at radius 1 is 1.24 bits per heavy atom. The lowest BCUT2D eigenvalue weighted by atomic mass is 10.2. The van der Waals surface area contributed by atoms with Crippen LogP contribution in [0, 0.1) is 0 Å². The van der Waals surface area contributed by atoms with Crippen LogP contribution in [-0.2, 0) is 20.5 Å². The lowest BCUT2D eigenvalue weighted by Gasteiger charge is -2.34. The van der Waals surface area contributed by atoms with Crippen molar-refractivity contribution in [3.8, 4) is 0 Å². The molecule has 114 valence electrons. The molecule has 0 spiro atoms. The molecule has 3 rings (SSSR count). The molecule has 6 nitrogen and oxygen atoms in total. The molecule has 2 aromatic rings. The number of sulfonamides is 1. The third-order valence-corrected chi connectivity index (χ3v) is 5.27. The largest absolute Gasteiger partial charge is 0.373 e. The van der Waals surface area contributed by atoms with Crippen molar-refractivity contribution >= 4 is 21.0 Å². The molecule has 21 heavy (non-hydrogen) atoms. The Labute approximate surface area is 123 Å². The highest BCUT2D eigenvalue weighted by Gasteiger charge is 2.32. The number of fused-ring (bicyclic) bond motifs is 1. The van der Waals surface area contributed by atoms with E-state index in [4.69, 9.17) is 9.26 Å². The summed E-state index contributed by atoms with van der Waals surface area (Å²) < 4.78 is 37.4. The van der Waals surface area contributed by atoms with Crippen LogP contribution in [0.15, 0.2) is 28.8 Å². The first-order valence-corrected chi connectivity index (χ1v) is 8.53. The summed E-state index contributed by atoms with van der Waals surface area (Å²) in [5, 5.41) is 4.65. The number of para-hydroxylation sites is 1. The van der Waals surface area contributed by atoms with Gasteiger partial charge in [0.1, 0.15) is 11.4 Å². The van der Waals surface area contributed by atoms with Gasteiger partial charge in [-0.05, 0) is 26.0 Å². The predicted molar refractivity (Wildman–Crippen MR) is 78.2 cm³/mol. The van der Waals surface area contributed by atoms with E-state index in [1.165, 1.54) is 4.31 Å². The second-order valence-electron chi connectivity index (χ2n) is 5.46. The van der Waals surface area contributed by atoms with E-state index in [0.717, 1.165) is 5.39 Å². The first kappa shape index (κ1) is 14.5. The molecule has 0 aliphatic carbocycles. The third kappa shape index (κ3) is 2.95. The smallest absolute Gasteiger partial charge is 0.220 e. The van der Waals surface area contributed by atoms with Crippen molar-refractivity contribution in [1.82, 2.24) is 9.46 Å². The molecule has 0 radical (unpaired) electrons. The lowest BCUT2D eigenvalue weighted by molar-refractivity contribution is -0.0441. The molecule has 1 aliphatic heterocycles. The van der Waals surface area contributed by atoms with Gasteiger partial charge < -0.3 is 9.26 Å². The fraction of sp³-hybridized carbons (Fsp3) is 0.500. The fourth-order valence-corrected chi connectivity index (χ4v) is 4.27. The fourth-order valence-electron chi connectivity index (χ4n) is 2.66. The van der Waals surface area contributed by atoms with Gasteiger partial charge in [0.25, 0.3) is 0 Å². The van der Waals surface area contributed by atoms with Gasteiger partial charge in [-0.3, -0.25) is 0 Å². The molecular weight excluding hydrogens is 292 g/mol. The topological polar surface area (TPSA) is 72.6 Å². The van der Waals surface area contributed by atoms with Gasteiger partial charge in [0.05, 0.1) is 12.2 Å². The number of nitrogens with zero attached hydrogens (tertiary/aromatic N) is 2. The summed E-state index contributed by atoms with van der Waals surface area (Å²) in [5.41, 5.74) is 1.06. The molecule has 0 amide bonds. The molecule has 2 unspecified atom stereocenters. The molecule has 1 aliphatic rings. The summed E-state index contributed by atoms with van der Waals surface area (Å²) in [7, 11) is -3.43. The summed E-state index contributed by atoms with van der Waals surface area (Å²) in [4.78, 5) is 0. The minimum atomic E-state index is -3.43. The number of morpholine rings is 1. The number of hydrogen-bond donors (Lipinski definition) is 0. The van der Waals surface area contributed by atoms with Crippen LogP contribution < -0.4 is 0 Å². The van der Waals surface area contributed by atoms with Crippen LogP contribution in [0.2, 0.25) is 0 Å². The zero-order valence-corrected chi connectivity index (χ0v) is 12.8. The SMILES string of the molecule is CC1CN(S(=O)(=O)Cc2noc3ccccc23)CC(C)O1. The summed E-state index contributed by atoms with van der Waals surface area (Å²) in [6.07, 6.45) is -0.199. The van der Waals surface area contributed by atoms with E-state index in [9.17, 15) is 8.42 Å². The first-order chi connectivity index (χ1) is 9.95. The van der Waals surface area contributed by atoms with Gasteiger partial charge in [-0.2, -0.15) is 4.31 Å². The van der Waals surface area contributed by atoms with Gasteiger partial charge in [-0.15, -0.1) is 0 Å². The van der Waals surface area contributed by atoms with E-state index in [-0.39, 0.29) is 18.0 Å². The van der Waals surface area contributed by atoms with Crippen molar-refractivity contribution in [2.75, 3.05) is 13.1 Å². The molecule has 0 bridgehead atoms. The van der Waals surface area contributed by atoms with E-state index in [1.807, 2.05) is 32.0 Å². The molecular formula is C14H18N2O4S. The van der Waals surface area contributed by atoms with Crippen molar-refractivity contribution in [2.45, 2.75) is 31.8 Å². The number of benzene rings is 1. The Morgan fingerprint density at radius 3 is 2.62 bits per heavy atom. The van der Waals surface area contributed by atoms with E-state index in [1.54, 1.807) is 6.07 Å². The minimum Gasteiger partial charge on any atom is -0.373 e. The average molecular weight is 310 g/mol. The van der Waals surface area contributed by atoms with E-state index in [2.05, 4.69) is 5.16 Å². The molecule has 7 heteroatoms. The van der Waals surface area contributed by atoms with Crippen LogP contribution in [0.4, 0.5) is 0 Å². The van der Waals surface area contributed by atoms with Crippen LogP contribution in [0.3, 0.4) is 0 Å². The zero-order chi connectivity index (χ0) is 15.0. The summed E-state index contributed by atoms with van der Waals surface area (Å²) in [5.74, 6) is -0.149. The van der Waals surface area contributed by atoms with Crippen LogP contribution >= 0.6 is 0 Å². The molecule has 0 saturated carbocycles. The summed E-state index contributed by atoms with van der Waals surface area (Å²) in [6, 6.07) is 7.27. The number of rotatable bonds is 3. The number of aromatic nitrogens is 1. The van der Waals surface area contributed by atoms with E-state index in [0.29, 0.717) is 24.4 Å². The average Bonchev–Trinajstić information content (AvgIpc) is 2.81. The lowest BCUT2D eigenvalue weighted by Crippen LogP contribution is -2.48. The van der Waals surface area contributed by atoms with Crippen molar-refractivity contribution in [3.63, 3.8) is 0 Å². The first-order valence-electron chi connectivity index (χ1n) is 6.92. The van der Waals surface area contributed by atoms with Crippen molar-refractivity contribution < 1.29 is 17.7 Å². The van der Waals surface area contributed by atoms with Gasteiger partial charge in [-0.25, -0.2) is 8.42 Å². The van der Waals surface area contributed by atoms with Crippen LogP contribution in [0.25, 0.3) is 11.0 Å². The van der Waals surface area contributed by atoms with Gasteiger partial charge in [0.2, 0.25) is 10.0 Å². The van der Waals surface area contributed by atoms with Crippen LogP contribution in [0.1, 0.15) is 19.5 Å². The number of hydrogen-bond acceptors (Lipinski definition) is 5. The Balaban J connectivity index is 1.86. The molecule has 0 N–H and O–H groups in total. The second-order valence-corrected chi connectivity index (χ2v) is 7.42. The second kappa shape index (κ2) is 5.40. The highest BCUT2D eigenvalue weighted by Crippen LogP contribution is 2.22. The maximum atomic E-state index is 12.6. The molecule has 1 saturated heterocycles. The van der Waals surface area contributed by atoms with Gasteiger partial charge in [0.15, 0.2) is 5.58 Å². The van der Waals surface area contributed by atoms with E-state index < -0.39 is 10.0 Å². The van der Waals surface area contributed by atoms with Gasteiger partial charge in [-0.1, -0.05) is 17.3 Å². The highest BCUT2D eigenvalue weighted by molar-refractivity contribution is 7.88. The quantitative estimate of drug-likeness (QED) is 0.864. The molecule has 2 atom stereocenters. The van der Waals surface area contributed by atoms with E-state index >= 15 is 0 Å².